The lowest BCUT2D eigenvalue weighted by Gasteiger charge is -2.21. The van der Waals surface area contributed by atoms with Crippen LogP contribution in [0.5, 0.6) is 0 Å². The predicted octanol–water partition coefficient (Wildman–Crippen LogP) is 2.92. The van der Waals surface area contributed by atoms with Crippen molar-refractivity contribution in [2.45, 2.75) is 13.0 Å². The van der Waals surface area contributed by atoms with E-state index in [1.54, 1.807) is 22.7 Å². The third-order valence-corrected chi connectivity index (χ3v) is 4.83. The maximum atomic E-state index is 4.41. The van der Waals surface area contributed by atoms with Crippen LogP contribution in [0, 0.1) is 0 Å². The van der Waals surface area contributed by atoms with Gasteiger partial charge in [0.1, 0.15) is 0 Å². The molecule has 1 fully saturated rings. The highest BCUT2D eigenvalue weighted by atomic mass is 32.1. The van der Waals surface area contributed by atoms with E-state index in [1.807, 2.05) is 6.20 Å². The largest absolute Gasteiger partial charge is 0.347 e. The van der Waals surface area contributed by atoms with Gasteiger partial charge in [-0.3, -0.25) is 4.90 Å². The first-order valence-corrected chi connectivity index (χ1v) is 8.12. The van der Waals surface area contributed by atoms with Crippen LogP contribution in [0.3, 0.4) is 0 Å². The standard InChI is InChI=1S/C13H17N3S2/c1-4-15(10-12-2-8-17-11-12)6-7-16(5-1)13-14-3-9-18-13/h2-3,8-9,11H,1,4-7,10H2. The van der Waals surface area contributed by atoms with Crippen molar-refractivity contribution in [3.63, 3.8) is 0 Å². The van der Waals surface area contributed by atoms with E-state index in [9.17, 15) is 0 Å². The van der Waals surface area contributed by atoms with Crippen molar-refractivity contribution in [1.29, 1.82) is 0 Å². The number of rotatable bonds is 3. The fraction of sp³-hybridized carbons (Fsp3) is 0.462. The Hall–Kier alpha value is -0.910. The van der Waals surface area contributed by atoms with Gasteiger partial charge in [0.05, 0.1) is 0 Å². The Kier molecular flexibility index (Phi) is 3.93. The Morgan fingerprint density at radius 2 is 2.17 bits per heavy atom. The number of nitrogens with zero attached hydrogens (tertiary/aromatic N) is 3. The van der Waals surface area contributed by atoms with Gasteiger partial charge in [-0.15, -0.1) is 11.3 Å². The molecule has 1 aliphatic rings. The van der Waals surface area contributed by atoms with Crippen molar-refractivity contribution >= 4 is 27.8 Å². The monoisotopic (exact) mass is 279 g/mol. The SMILES string of the molecule is c1csc(N2CCCN(Cc3ccsc3)CC2)n1. The Balaban J connectivity index is 1.58. The Labute approximate surface area is 116 Å². The van der Waals surface area contributed by atoms with Crippen molar-refractivity contribution in [2.75, 3.05) is 31.1 Å². The number of thiazole rings is 1. The van der Waals surface area contributed by atoms with Crippen LogP contribution in [0.2, 0.25) is 0 Å². The second kappa shape index (κ2) is 5.82. The fourth-order valence-electron chi connectivity index (χ4n) is 2.33. The predicted molar refractivity (Wildman–Crippen MR) is 78.5 cm³/mol. The van der Waals surface area contributed by atoms with Crippen LogP contribution in [0.15, 0.2) is 28.4 Å². The van der Waals surface area contributed by atoms with Crippen LogP contribution in [0.4, 0.5) is 5.13 Å². The summed E-state index contributed by atoms with van der Waals surface area (Å²) in [5, 5.41) is 7.65. The maximum Gasteiger partial charge on any atom is 0.185 e. The Bertz CT molecular complexity index is 453. The summed E-state index contributed by atoms with van der Waals surface area (Å²) in [4.78, 5) is 9.38. The zero-order valence-electron chi connectivity index (χ0n) is 10.3. The Morgan fingerprint density at radius 3 is 2.94 bits per heavy atom. The molecule has 5 heteroatoms. The van der Waals surface area contributed by atoms with Gasteiger partial charge < -0.3 is 4.90 Å². The lowest BCUT2D eigenvalue weighted by atomic mass is 10.3. The van der Waals surface area contributed by atoms with Gasteiger partial charge in [0, 0.05) is 44.3 Å². The summed E-state index contributed by atoms with van der Waals surface area (Å²) in [5.74, 6) is 0. The zero-order chi connectivity index (χ0) is 12.2. The van der Waals surface area contributed by atoms with E-state index in [0.717, 1.165) is 26.2 Å². The van der Waals surface area contributed by atoms with Crippen molar-refractivity contribution in [3.05, 3.63) is 34.0 Å². The molecule has 96 valence electrons. The Morgan fingerprint density at radius 1 is 1.17 bits per heavy atom. The number of thiophene rings is 1. The molecule has 3 rings (SSSR count). The minimum atomic E-state index is 1.09. The highest BCUT2D eigenvalue weighted by Gasteiger charge is 2.16. The van der Waals surface area contributed by atoms with Gasteiger partial charge in [-0.25, -0.2) is 4.98 Å². The maximum absolute atomic E-state index is 4.41. The molecule has 1 aliphatic heterocycles. The van der Waals surface area contributed by atoms with E-state index in [2.05, 4.69) is 37.0 Å². The molecule has 0 spiro atoms. The molecule has 0 atom stereocenters. The zero-order valence-corrected chi connectivity index (χ0v) is 11.9. The minimum absolute atomic E-state index is 1.09. The first-order valence-electron chi connectivity index (χ1n) is 6.30. The van der Waals surface area contributed by atoms with Gasteiger partial charge in [0.25, 0.3) is 0 Å². The first-order chi connectivity index (χ1) is 8.92. The molecule has 3 nitrogen and oxygen atoms in total. The molecular weight excluding hydrogens is 262 g/mol. The van der Waals surface area contributed by atoms with Gasteiger partial charge >= 0.3 is 0 Å². The second-order valence-corrected chi connectivity index (χ2v) is 6.22. The summed E-state index contributed by atoms with van der Waals surface area (Å²) in [6, 6.07) is 2.23. The second-order valence-electron chi connectivity index (χ2n) is 4.56. The summed E-state index contributed by atoms with van der Waals surface area (Å²) in [5.41, 5.74) is 1.45. The molecule has 3 heterocycles. The summed E-state index contributed by atoms with van der Waals surface area (Å²) in [6.07, 6.45) is 3.12. The molecule has 18 heavy (non-hydrogen) atoms. The molecule has 0 N–H and O–H groups in total. The van der Waals surface area contributed by atoms with E-state index in [0.29, 0.717) is 0 Å². The molecule has 0 unspecified atom stereocenters. The number of anilines is 1. The van der Waals surface area contributed by atoms with E-state index < -0.39 is 0 Å². The van der Waals surface area contributed by atoms with E-state index in [4.69, 9.17) is 0 Å². The smallest absolute Gasteiger partial charge is 0.185 e. The normalized spacial score (nSPS) is 17.9. The van der Waals surface area contributed by atoms with Gasteiger partial charge in [-0.05, 0) is 28.8 Å². The van der Waals surface area contributed by atoms with Crippen molar-refractivity contribution in [2.24, 2.45) is 0 Å². The topological polar surface area (TPSA) is 19.4 Å². The molecular formula is C13H17N3S2. The highest BCUT2D eigenvalue weighted by Crippen LogP contribution is 2.19. The summed E-state index contributed by atoms with van der Waals surface area (Å²) < 4.78 is 0. The van der Waals surface area contributed by atoms with Crippen LogP contribution < -0.4 is 4.90 Å². The van der Waals surface area contributed by atoms with Crippen LogP contribution in [0.25, 0.3) is 0 Å². The molecule has 0 aliphatic carbocycles. The molecule has 0 bridgehead atoms. The number of hydrogen-bond donors (Lipinski definition) is 0. The van der Waals surface area contributed by atoms with E-state index in [-0.39, 0.29) is 0 Å². The lowest BCUT2D eigenvalue weighted by Crippen LogP contribution is -2.30. The van der Waals surface area contributed by atoms with Gasteiger partial charge in [0.15, 0.2) is 5.13 Å². The molecule has 0 radical (unpaired) electrons. The lowest BCUT2D eigenvalue weighted by molar-refractivity contribution is 0.286. The van der Waals surface area contributed by atoms with Crippen LogP contribution >= 0.6 is 22.7 Å². The molecule has 0 saturated carbocycles. The third-order valence-electron chi connectivity index (χ3n) is 3.26. The molecule has 2 aromatic heterocycles. The van der Waals surface area contributed by atoms with Crippen molar-refractivity contribution in [3.8, 4) is 0 Å². The van der Waals surface area contributed by atoms with Crippen molar-refractivity contribution in [1.82, 2.24) is 9.88 Å². The summed E-state index contributed by atoms with van der Waals surface area (Å²) >= 11 is 3.53. The highest BCUT2D eigenvalue weighted by molar-refractivity contribution is 7.13. The minimum Gasteiger partial charge on any atom is -0.347 e. The average molecular weight is 279 g/mol. The van der Waals surface area contributed by atoms with Gasteiger partial charge in [0.2, 0.25) is 0 Å². The summed E-state index contributed by atoms with van der Waals surface area (Å²) in [6.45, 7) is 5.65. The fourth-order valence-corrected chi connectivity index (χ4v) is 3.69. The van der Waals surface area contributed by atoms with Gasteiger partial charge in [-0.2, -0.15) is 11.3 Å². The van der Waals surface area contributed by atoms with E-state index >= 15 is 0 Å². The third kappa shape index (κ3) is 2.91. The summed E-state index contributed by atoms with van der Waals surface area (Å²) in [7, 11) is 0. The van der Waals surface area contributed by atoms with Crippen LogP contribution in [-0.2, 0) is 6.54 Å². The molecule has 1 saturated heterocycles. The van der Waals surface area contributed by atoms with E-state index in [1.165, 1.54) is 23.7 Å². The number of hydrogen-bond acceptors (Lipinski definition) is 5. The first kappa shape index (κ1) is 12.1. The van der Waals surface area contributed by atoms with Gasteiger partial charge in [-0.1, -0.05) is 0 Å². The quantitative estimate of drug-likeness (QED) is 0.861. The van der Waals surface area contributed by atoms with Crippen molar-refractivity contribution < 1.29 is 0 Å². The van der Waals surface area contributed by atoms with Crippen LogP contribution in [0.1, 0.15) is 12.0 Å². The van der Waals surface area contributed by atoms with Crippen LogP contribution in [-0.4, -0.2) is 36.1 Å². The molecule has 0 amide bonds. The number of aromatic nitrogens is 1. The average Bonchev–Trinajstić information content (AvgIpc) is 3.02. The molecule has 0 aromatic carbocycles. The molecule has 2 aromatic rings.